The Morgan fingerprint density at radius 3 is 2.52 bits per heavy atom. The molecule has 1 aliphatic rings. The maximum Gasteiger partial charge on any atom is 0.416 e. The van der Waals surface area contributed by atoms with Gasteiger partial charge in [-0.05, 0) is 30.0 Å². The van der Waals surface area contributed by atoms with Crippen LogP contribution in [0.1, 0.15) is 31.9 Å². The molecule has 166 valence electrons. The second-order valence-electron chi connectivity index (χ2n) is 7.55. The molecule has 1 N–H and O–H groups in total. The van der Waals surface area contributed by atoms with Gasteiger partial charge in [-0.1, -0.05) is 20.8 Å². The van der Waals surface area contributed by atoms with Gasteiger partial charge in [-0.25, -0.2) is 19.7 Å². The van der Waals surface area contributed by atoms with Crippen LogP contribution >= 0.6 is 0 Å². The molecule has 3 amide bonds. The fourth-order valence-corrected chi connectivity index (χ4v) is 3.27. The Bertz CT molecular complexity index is 949. The largest absolute Gasteiger partial charge is 0.416 e. The highest BCUT2D eigenvalue weighted by molar-refractivity contribution is 5.98. The first-order valence-electron chi connectivity index (χ1n) is 9.82. The summed E-state index contributed by atoms with van der Waals surface area (Å²) in [5.74, 6) is -0.600. The van der Waals surface area contributed by atoms with Gasteiger partial charge in [-0.3, -0.25) is 9.69 Å². The van der Waals surface area contributed by atoms with Crippen molar-refractivity contribution in [1.29, 1.82) is 0 Å². The van der Waals surface area contributed by atoms with Crippen LogP contribution in [0.5, 0.6) is 0 Å². The van der Waals surface area contributed by atoms with Crippen molar-refractivity contribution in [2.24, 2.45) is 5.92 Å². The molecule has 1 atom stereocenters. The summed E-state index contributed by atoms with van der Waals surface area (Å²) in [6.07, 6.45) is 0.474. The number of aryl methyl sites for hydroxylation is 1. The van der Waals surface area contributed by atoms with Gasteiger partial charge in [0.15, 0.2) is 0 Å². The van der Waals surface area contributed by atoms with E-state index in [2.05, 4.69) is 20.3 Å². The second-order valence-corrected chi connectivity index (χ2v) is 7.55. The molecule has 31 heavy (non-hydrogen) atoms. The molecule has 3 heterocycles. The van der Waals surface area contributed by atoms with Gasteiger partial charge in [0.25, 0.3) is 0 Å². The van der Waals surface area contributed by atoms with Crippen molar-refractivity contribution in [3.05, 3.63) is 41.9 Å². The normalized spacial score (nSPS) is 16.9. The summed E-state index contributed by atoms with van der Waals surface area (Å²) in [6, 6.07) is 0.840. The topological polar surface area (TPSA) is 91.3 Å². The number of urea groups is 1. The number of amides is 3. The number of anilines is 2. The summed E-state index contributed by atoms with van der Waals surface area (Å²) in [5, 5.41) is 2.34. The number of pyridine rings is 1. The summed E-state index contributed by atoms with van der Waals surface area (Å²) < 4.78 is 38.6. The van der Waals surface area contributed by atoms with E-state index in [-0.39, 0.29) is 30.3 Å². The first kappa shape index (κ1) is 22.4. The molecule has 2 aromatic heterocycles. The third kappa shape index (κ3) is 5.09. The van der Waals surface area contributed by atoms with Crippen LogP contribution in [0.4, 0.5) is 29.7 Å². The molecule has 0 bridgehead atoms. The van der Waals surface area contributed by atoms with Gasteiger partial charge in [0.2, 0.25) is 11.9 Å². The lowest BCUT2D eigenvalue weighted by Crippen LogP contribution is -2.43. The quantitative estimate of drug-likeness (QED) is 0.750. The van der Waals surface area contributed by atoms with Crippen LogP contribution in [-0.2, 0) is 17.4 Å². The maximum atomic E-state index is 13.0. The van der Waals surface area contributed by atoms with Crippen molar-refractivity contribution in [2.45, 2.75) is 39.4 Å². The van der Waals surface area contributed by atoms with E-state index in [4.69, 9.17) is 0 Å². The number of carbonyl (C=O) groups excluding carboxylic acids is 2. The summed E-state index contributed by atoms with van der Waals surface area (Å²) in [5.41, 5.74) is 0.00887. The number of alkyl halides is 3. The average molecular weight is 436 g/mol. The van der Waals surface area contributed by atoms with Crippen LogP contribution in [0.3, 0.4) is 0 Å². The van der Waals surface area contributed by atoms with Gasteiger partial charge in [-0.2, -0.15) is 13.2 Å². The molecule has 1 saturated heterocycles. The highest BCUT2D eigenvalue weighted by atomic mass is 19.4. The van der Waals surface area contributed by atoms with Crippen LogP contribution < -0.4 is 10.2 Å². The van der Waals surface area contributed by atoms with E-state index >= 15 is 0 Å². The van der Waals surface area contributed by atoms with Crippen molar-refractivity contribution in [2.75, 3.05) is 23.3 Å². The minimum absolute atomic E-state index is 0.0309. The molecule has 3 rings (SSSR count). The molecule has 0 unspecified atom stereocenters. The number of hydrogen-bond donors (Lipinski definition) is 1. The number of carbonyl (C=O) groups is 2. The Balaban J connectivity index is 1.74. The molecular weight excluding hydrogens is 413 g/mol. The predicted octanol–water partition coefficient (Wildman–Crippen LogP) is 3.36. The zero-order valence-electron chi connectivity index (χ0n) is 17.3. The molecule has 8 nitrogen and oxygen atoms in total. The highest BCUT2D eigenvalue weighted by Crippen LogP contribution is 2.30. The minimum Gasteiger partial charge on any atom is -0.310 e. The van der Waals surface area contributed by atoms with E-state index in [1.165, 1.54) is 9.80 Å². The smallest absolute Gasteiger partial charge is 0.310 e. The Labute approximate surface area is 177 Å². The maximum absolute atomic E-state index is 13.0. The average Bonchev–Trinajstić information content (AvgIpc) is 3.04. The molecule has 0 spiro atoms. The minimum atomic E-state index is -4.55. The van der Waals surface area contributed by atoms with E-state index in [9.17, 15) is 22.8 Å². The summed E-state index contributed by atoms with van der Waals surface area (Å²) in [7, 11) is 0. The van der Waals surface area contributed by atoms with Gasteiger partial charge in [0, 0.05) is 18.6 Å². The fourth-order valence-electron chi connectivity index (χ4n) is 3.27. The standard InChI is InChI=1S/C20H23F3N6O2/c1-4-13-8-25-18(26-9-13)29-10-15(12(2)3)28(19(29)31)11-17(30)27-16-7-14(5-6-24-16)20(21,22)23/h5-9,12,15H,4,10-11H2,1-3H3,(H,24,27,30)/t15-/m1/s1. The number of nitrogens with zero attached hydrogens (tertiary/aromatic N) is 5. The van der Waals surface area contributed by atoms with E-state index in [0.29, 0.717) is 6.54 Å². The second kappa shape index (κ2) is 8.86. The third-order valence-electron chi connectivity index (χ3n) is 5.03. The van der Waals surface area contributed by atoms with E-state index < -0.39 is 23.7 Å². The fraction of sp³-hybridized carbons (Fsp3) is 0.450. The number of rotatable bonds is 6. The Morgan fingerprint density at radius 2 is 1.94 bits per heavy atom. The van der Waals surface area contributed by atoms with Gasteiger partial charge in [0.05, 0.1) is 18.2 Å². The van der Waals surface area contributed by atoms with Gasteiger partial charge >= 0.3 is 12.2 Å². The molecule has 0 aromatic carbocycles. The van der Waals surface area contributed by atoms with E-state index in [1.807, 2.05) is 20.8 Å². The third-order valence-corrected chi connectivity index (χ3v) is 5.03. The first-order chi connectivity index (χ1) is 14.6. The highest BCUT2D eigenvalue weighted by Gasteiger charge is 2.41. The van der Waals surface area contributed by atoms with Crippen molar-refractivity contribution in [1.82, 2.24) is 19.9 Å². The zero-order valence-corrected chi connectivity index (χ0v) is 17.3. The lowest BCUT2D eigenvalue weighted by atomic mass is 10.0. The molecular formula is C20H23F3N6O2. The monoisotopic (exact) mass is 436 g/mol. The zero-order chi connectivity index (χ0) is 22.8. The Morgan fingerprint density at radius 1 is 1.26 bits per heavy atom. The van der Waals surface area contributed by atoms with Crippen molar-refractivity contribution >= 4 is 23.7 Å². The molecule has 0 saturated carbocycles. The van der Waals surface area contributed by atoms with E-state index in [1.54, 1.807) is 12.4 Å². The first-order valence-corrected chi connectivity index (χ1v) is 9.82. The van der Waals surface area contributed by atoms with Gasteiger partial charge < -0.3 is 10.2 Å². The predicted molar refractivity (Wildman–Crippen MR) is 107 cm³/mol. The van der Waals surface area contributed by atoms with Gasteiger partial charge in [0.1, 0.15) is 12.4 Å². The lowest BCUT2D eigenvalue weighted by Gasteiger charge is -2.25. The van der Waals surface area contributed by atoms with Crippen molar-refractivity contribution in [3.63, 3.8) is 0 Å². The number of aromatic nitrogens is 3. The molecule has 1 fully saturated rings. The molecule has 1 aliphatic heterocycles. The van der Waals surface area contributed by atoms with Crippen LogP contribution in [0.15, 0.2) is 30.7 Å². The van der Waals surface area contributed by atoms with Gasteiger partial charge in [-0.15, -0.1) is 0 Å². The SMILES string of the molecule is CCc1cnc(N2C[C@H](C(C)C)N(CC(=O)Nc3cc(C(F)(F)F)ccn3)C2=O)nc1. The molecule has 0 radical (unpaired) electrons. The number of halogens is 3. The summed E-state index contributed by atoms with van der Waals surface area (Å²) >= 11 is 0. The number of nitrogens with one attached hydrogen (secondary N) is 1. The number of hydrogen-bond acceptors (Lipinski definition) is 5. The van der Waals surface area contributed by atoms with Crippen molar-refractivity contribution in [3.8, 4) is 0 Å². The summed E-state index contributed by atoms with van der Waals surface area (Å²) in [4.78, 5) is 40.5. The van der Waals surface area contributed by atoms with Crippen LogP contribution in [0.2, 0.25) is 0 Å². The van der Waals surface area contributed by atoms with Crippen LogP contribution in [0, 0.1) is 5.92 Å². The lowest BCUT2D eigenvalue weighted by molar-refractivity contribution is -0.137. The molecule has 11 heteroatoms. The van der Waals surface area contributed by atoms with Crippen molar-refractivity contribution < 1.29 is 22.8 Å². The Kier molecular flexibility index (Phi) is 6.42. The molecule has 0 aliphatic carbocycles. The van der Waals surface area contributed by atoms with E-state index in [0.717, 1.165) is 30.3 Å². The summed E-state index contributed by atoms with van der Waals surface area (Å²) in [6.45, 7) is 5.78. The Hall–Kier alpha value is -3.24. The molecule has 2 aromatic rings. The van der Waals surface area contributed by atoms with Crippen LogP contribution in [-0.4, -0.2) is 50.9 Å². The van der Waals surface area contributed by atoms with Crippen LogP contribution in [0.25, 0.3) is 0 Å².